The van der Waals surface area contributed by atoms with Crippen LogP contribution in [0.5, 0.6) is 0 Å². The van der Waals surface area contributed by atoms with Gasteiger partial charge in [0.2, 0.25) is 5.89 Å². The van der Waals surface area contributed by atoms with Crippen molar-refractivity contribution in [2.75, 3.05) is 0 Å². The Labute approximate surface area is 142 Å². The third-order valence-corrected chi connectivity index (χ3v) is 6.31. The minimum absolute atomic E-state index is 0.0174. The van der Waals surface area contributed by atoms with Crippen LogP contribution in [0.25, 0.3) is 11.3 Å². The molecule has 0 amide bonds. The molecule has 0 bridgehead atoms. The van der Waals surface area contributed by atoms with Crippen LogP contribution in [0.1, 0.15) is 31.5 Å². The molecule has 1 atom stereocenters. The zero-order chi connectivity index (χ0) is 16.4. The zero-order valence-electron chi connectivity index (χ0n) is 13.3. The Kier molecular flexibility index (Phi) is 4.46. The van der Waals surface area contributed by atoms with Crippen molar-refractivity contribution in [3.63, 3.8) is 0 Å². The van der Waals surface area contributed by atoms with Crippen molar-refractivity contribution in [2.24, 2.45) is 0 Å². The molecule has 0 aliphatic rings. The highest BCUT2D eigenvalue weighted by Gasteiger charge is 2.20. The van der Waals surface area contributed by atoms with Gasteiger partial charge in [0.15, 0.2) is 10.1 Å². The Morgan fingerprint density at radius 2 is 1.87 bits per heavy atom. The van der Waals surface area contributed by atoms with E-state index in [1.165, 1.54) is 11.3 Å². The van der Waals surface area contributed by atoms with Crippen molar-refractivity contribution in [3.05, 3.63) is 53.5 Å². The van der Waals surface area contributed by atoms with Gasteiger partial charge in [-0.05, 0) is 5.41 Å². The number of benzene rings is 1. The summed E-state index contributed by atoms with van der Waals surface area (Å²) in [5.74, 6) is 1.39. The maximum atomic E-state index is 12.5. The van der Waals surface area contributed by atoms with Crippen LogP contribution in [0.3, 0.4) is 0 Å². The van der Waals surface area contributed by atoms with Crippen LogP contribution in [-0.4, -0.2) is 14.2 Å². The number of hydrogen-bond donors (Lipinski definition) is 0. The second-order valence-corrected chi connectivity index (χ2v) is 8.87. The Balaban J connectivity index is 1.74. The number of aromatic nitrogens is 2. The fourth-order valence-electron chi connectivity index (χ4n) is 2.00. The molecule has 1 aromatic carbocycles. The quantitative estimate of drug-likeness (QED) is 0.702. The Morgan fingerprint density at radius 1 is 1.13 bits per heavy atom. The summed E-state index contributed by atoms with van der Waals surface area (Å²) in [5.41, 5.74) is 0.977. The predicted octanol–water partition coefficient (Wildman–Crippen LogP) is 4.40. The molecule has 0 aliphatic carbocycles. The summed E-state index contributed by atoms with van der Waals surface area (Å²) in [6.07, 6.45) is 3.48. The van der Waals surface area contributed by atoms with Gasteiger partial charge in [-0.3, -0.25) is 4.21 Å². The average Bonchev–Trinajstić information content (AvgIpc) is 3.17. The number of nitrogens with zero attached hydrogens (tertiary/aromatic N) is 2. The molecule has 0 fully saturated rings. The van der Waals surface area contributed by atoms with Crippen molar-refractivity contribution in [2.45, 2.75) is 36.3 Å². The molecule has 23 heavy (non-hydrogen) atoms. The van der Waals surface area contributed by atoms with Crippen molar-refractivity contribution in [1.82, 2.24) is 9.97 Å². The SMILES string of the molecule is CC(C)(C)c1cnc([S@@](=O)Cc2ncc(-c3ccccc3)o2)s1. The second kappa shape index (κ2) is 6.37. The first-order valence-electron chi connectivity index (χ1n) is 7.28. The summed E-state index contributed by atoms with van der Waals surface area (Å²) < 4.78 is 18.8. The van der Waals surface area contributed by atoms with Gasteiger partial charge in [-0.25, -0.2) is 9.97 Å². The van der Waals surface area contributed by atoms with E-state index < -0.39 is 10.8 Å². The topological polar surface area (TPSA) is 56.0 Å². The van der Waals surface area contributed by atoms with Gasteiger partial charge in [0, 0.05) is 16.6 Å². The van der Waals surface area contributed by atoms with E-state index in [-0.39, 0.29) is 11.2 Å². The van der Waals surface area contributed by atoms with Crippen LogP contribution in [0.2, 0.25) is 0 Å². The first kappa shape index (κ1) is 16.1. The largest absolute Gasteiger partial charge is 0.440 e. The number of hydrogen-bond acceptors (Lipinski definition) is 5. The van der Waals surface area contributed by atoms with Gasteiger partial charge in [0.25, 0.3) is 0 Å². The maximum absolute atomic E-state index is 12.5. The van der Waals surface area contributed by atoms with Gasteiger partial charge in [0.1, 0.15) is 5.75 Å². The molecule has 3 rings (SSSR count). The highest BCUT2D eigenvalue weighted by atomic mass is 32.2. The molecule has 3 aromatic rings. The number of thiazole rings is 1. The molecular weight excluding hydrogens is 328 g/mol. The van der Waals surface area contributed by atoms with Crippen LogP contribution in [0, 0.1) is 0 Å². The Morgan fingerprint density at radius 3 is 2.52 bits per heavy atom. The van der Waals surface area contributed by atoms with Crippen molar-refractivity contribution in [3.8, 4) is 11.3 Å². The Bertz CT molecular complexity index is 816. The normalized spacial score (nSPS) is 13.2. The lowest BCUT2D eigenvalue weighted by Gasteiger charge is -2.14. The van der Waals surface area contributed by atoms with E-state index in [4.69, 9.17) is 4.42 Å². The summed E-state index contributed by atoms with van der Waals surface area (Å²) in [7, 11) is -1.24. The summed E-state index contributed by atoms with van der Waals surface area (Å²) in [6, 6.07) is 9.75. The standard InChI is InChI=1S/C17H18N2O2S2/c1-17(2,3)14-10-19-16(22-14)23(20)11-15-18-9-13(21-15)12-7-5-4-6-8-12/h4-10H,11H2,1-3H3/t23-/m0/s1. The summed E-state index contributed by atoms with van der Waals surface area (Å²) in [5, 5.41) is 0. The van der Waals surface area contributed by atoms with Gasteiger partial charge in [0.05, 0.1) is 17.0 Å². The molecule has 0 spiro atoms. The third kappa shape index (κ3) is 3.76. The molecule has 0 saturated heterocycles. The van der Waals surface area contributed by atoms with E-state index in [0.717, 1.165) is 10.4 Å². The van der Waals surface area contributed by atoms with Crippen molar-refractivity contribution >= 4 is 22.1 Å². The molecule has 2 heterocycles. The van der Waals surface area contributed by atoms with Crippen LogP contribution >= 0.6 is 11.3 Å². The molecular formula is C17H18N2O2S2. The lowest BCUT2D eigenvalue weighted by molar-refractivity contribution is 0.527. The van der Waals surface area contributed by atoms with E-state index >= 15 is 0 Å². The van der Waals surface area contributed by atoms with Crippen LogP contribution in [0.4, 0.5) is 0 Å². The molecule has 0 N–H and O–H groups in total. The van der Waals surface area contributed by atoms with E-state index in [0.29, 0.717) is 16.0 Å². The van der Waals surface area contributed by atoms with E-state index in [1.807, 2.05) is 36.5 Å². The zero-order valence-corrected chi connectivity index (χ0v) is 14.9. The lowest BCUT2D eigenvalue weighted by atomic mass is 9.96. The Hall–Kier alpha value is -1.79. The minimum atomic E-state index is -1.24. The molecule has 6 heteroatoms. The lowest BCUT2D eigenvalue weighted by Crippen LogP contribution is -2.07. The van der Waals surface area contributed by atoms with E-state index in [1.54, 1.807) is 6.20 Å². The maximum Gasteiger partial charge on any atom is 0.207 e. The van der Waals surface area contributed by atoms with E-state index in [2.05, 4.69) is 30.7 Å². The fourth-order valence-corrected chi connectivity index (χ4v) is 4.17. The molecule has 120 valence electrons. The van der Waals surface area contributed by atoms with E-state index in [9.17, 15) is 4.21 Å². The van der Waals surface area contributed by atoms with Gasteiger partial charge in [-0.2, -0.15) is 0 Å². The van der Waals surface area contributed by atoms with Gasteiger partial charge in [-0.15, -0.1) is 11.3 Å². The average molecular weight is 346 g/mol. The first-order chi connectivity index (χ1) is 10.9. The minimum Gasteiger partial charge on any atom is -0.440 e. The molecule has 2 aromatic heterocycles. The van der Waals surface area contributed by atoms with Crippen LogP contribution in [0.15, 0.2) is 51.5 Å². The summed E-state index contributed by atoms with van der Waals surface area (Å²) >= 11 is 1.49. The monoisotopic (exact) mass is 346 g/mol. The van der Waals surface area contributed by atoms with Gasteiger partial charge < -0.3 is 4.42 Å². The highest BCUT2D eigenvalue weighted by molar-refractivity contribution is 7.86. The fraction of sp³-hybridized carbons (Fsp3) is 0.294. The van der Waals surface area contributed by atoms with Crippen LogP contribution < -0.4 is 0 Å². The molecule has 0 unspecified atom stereocenters. The van der Waals surface area contributed by atoms with Crippen LogP contribution in [-0.2, 0) is 22.0 Å². The molecule has 0 radical (unpaired) electrons. The third-order valence-electron chi connectivity index (χ3n) is 3.28. The predicted molar refractivity (Wildman–Crippen MR) is 92.9 cm³/mol. The van der Waals surface area contributed by atoms with Crippen molar-refractivity contribution in [1.29, 1.82) is 0 Å². The number of rotatable bonds is 4. The second-order valence-electron chi connectivity index (χ2n) is 6.21. The molecule has 0 saturated carbocycles. The smallest absolute Gasteiger partial charge is 0.207 e. The highest BCUT2D eigenvalue weighted by Crippen LogP contribution is 2.30. The van der Waals surface area contributed by atoms with Gasteiger partial charge >= 0.3 is 0 Å². The summed E-state index contributed by atoms with van der Waals surface area (Å²) in [6.45, 7) is 6.36. The summed E-state index contributed by atoms with van der Waals surface area (Å²) in [4.78, 5) is 9.65. The number of oxazole rings is 1. The first-order valence-corrected chi connectivity index (χ1v) is 9.42. The molecule has 4 nitrogen and oxygen atoms in total. The van der Waals surface area contributed by atoms with Gasteiger partial charge in [-0.1, -0.05) is 51.1 Å². The van der Waals surface area contributed by atoms with Crippen molar-refractivity contribution < 1.29 is 8.63 Å². The molecule has 0 aliphatic heterocycles.